The molecule has 2 heteroatoms. The maximum atomic E-state index is 5.99. The molecule has 1 aliphatic carbocycles. The molecule has 0 radical (unpaired) electrons. The van der Waals surface area contributed by atoms with Gasteiger partial charge < -0.3 is 9.73 Å². The van der Waals surface area contributed by atoms with Crippen LogP contribution in [0.1, 0.15) is 24.8 Å². The minimum Gasteiger partial charge on any atom is -0.456 e. The van der Waals surface area contributed by atoms with Crippen LogP contribution in [0.5, 0.6) is 0 Å². The zero-order valence-corrected chi connectivity index (χ0v) is 12.0. The first-order chi connectivity index (χ1) is 10.3. The van der Waals surface area contributed by atoms with Gasteiger partial charge in [0.15, 0.2) is 0 Å². The van der Waals surface area contributed by atoms with E-state index in [-0.39, 0.29) is 0 Å². The van der Waals surface area contributed by atoms with Crippen molar-refractivity contribution in [3.63, 3.8) is 0 Å². The van der Waals surface area contributed by atoms with Crippen molar-refractivity contribution in [2.75, 3.05) is 5.32 Å². The molecule has 2 heterocycles. The van der Waals surface area contributed by atoms with E-state index < -0.39 is 0 Å². The minimum atomic E-state index is 0.509. The molecular formula is C19H17NO. The van der Waals surface area contributed by atoms with Crippen molar-refractivity contribution >= 4 is 27.6 Å². The van der Waals surface area contributed by atoms with Gasteiger partial charge in [0, 0.05) is 17.3 Å². The van der Waals surface area contributed by atoms with Crippen molar-refractivity contribution in [1.29, 1.82) is 0 Å². The summed E-state index contributed by atoms with van der Waals surface area (Å²) in [5.41, 5.74) is 4.66. The fraction of sp³-hybridized carbons (Fsp3) is 0.263. The number of furan rings is 1. The number of benzene rings is 2. The Morgan fingerprint density at radius 3 is 2.90 bits per heavy atom. The van der Waals surface area contributed by atoms with E-state index in [1.54, 1.807) is 0 Å². The van der Waals surface area contributed by atoms with Crippen LogP contribution in [0, 0.1) is 5.92 Å². The lowest BCUT2D eigenvalue weighted by Gasteiger charge is -2.24. The average Bonchev–Trinajstić information content (AvgIpc) is 3.03. The van der Waals surface area contributed by atoms with E-state index in [0.29, 0.717) is 17.9 Å². The fourth-order valence-electron chi connectivity index (χ4n) is 3.99. The first kappa shape index (κ1) is 11.4. The summed E-state index contributed by atoms with van der Waals surface area (Å²) in [6.45, 7) is 2.29. The van der Waals surface area contributed by atoms with E-state index >= 15 is 0 Å². The molecule has 104 valence electrons. The van der Waals surface area contributed by atoms with Gasteiger partial charge in [0.05, 0.1) is 11.1 Å². The van der Waals surface area contributed by atoms with E-state index in [0.717, 1.165) is 11.2 Å². The number of nitrogens with one attached hydrogen (secondary N) is 1. The molecule has 2 nitrogen and oxygen atoms in total. The summed E-state index contributed by atoms with van der Waals surface area (Å²) >= 11 is 0. The van der Waals surface area contributed by atoms with E-state index in [4.69, 9.17) is 4.42 Å². The van der Waals surface area contributed by atoms with E-state index in [1.807, 2.05) is 12.1 Å². The lowest BCUT2D eigenvalue weighted by Crippen LogP contribution is -2.24. The predicted molar refractivity (Wildman–Crippen MR) is 86.8 cm³/mol. The summed E-state index contributed by atoms with van der Waals surface area (Å²) in [6.07, 6.45) is 5.94. The zero-order chi connectivity index (χ0) is 14.0. The van der Waals surface area contributed by atoms with Gasteiger partial charge in [-0.25, -0.2) is 0 Å². The molecule has 0 saturated carbocycles. The van der Waals surface area contributed by atoms with Crippen LogP contribution in [0.25, 0.3) is 21.9 Å². The molecule has 0 saturated heterocycles. The summed E-state index contributed by atoms with van der Waals surface area (Å²) < 4.78 is 5.99. The Morgan fingerprint density at radius 2 is 1.95 bits per heavy atom. The maximum absolute atomic E-state index is 5.99. The molecule has 5 rings (SSSR count). The van der Waals surface area contributed by atoms with Gasteiger partial charge in [-0.1, -0.05) is 43.3 Å². The van der Waals surface area contributed by atoms with Crippen molar-refractivity contribution in [2.45, 2.75) is 25.3 Å². The molecule has 1 N–H and O–H groups in total. The van der Waals surface area contributed by atoms with Crippen molar-refractivity contribution < 1.29 is 4.42 Å². The third-order valence-corrected chi connectivity index (χ3v) is 4.97. The second-order valence-corrected chi connectivity index (χ2v) is 6.38. The van der Waals surface area contributed by atoms with Gasteiger partial charge in [-0.05, 0) is 30.0 Å². The molecule has 1 aliphatic heterocycles. The van der Waals surface area contributed by atoms with Crippen molar-refractivity contribution in [3.05, 3.63) is 54.1 Å². The largest absolute Gasteiger partial charge is 0.456 e. The summed E-state index contributed by atoms with van der Waals surface area (Å²) in [4.78, 5) is 0. The Morgan fingerprint density at radius 1 is 1.05 bits per heavy atom. The van der Waals surface area contributed by atoms with Gasteiger partial charge in [0.2, 0.25) is 0 Å². The summed E-state index contributed by atoms with van der Waals surface area (Å²) in [5.74, 6) is 1.17. The second kappa shape index (κ2) is 3.91. The molecule has 1 aromatic heterocycles. The van der Waals surface area contributed by atoms with Gasteiger partial charge >= 0.3 is 0 Å². The second-order valence-electron chi connectivity index (χ2n) is 6.38. The third-order valence-electron chi connectivity index (χ3n) is 4.97. The van der Waals surface area contributed by atoms with Crippen LogP contribution in [0.3, 0.4) is 0 Å². The molecule has 0 spiro atoms. The van der Waals surface area contributed by atoms with Crippen LogP contribution < -0.4 is 5.32 Å². The molecule has 0 bridgehead atoms. The topological polar surface area (TPSA) is 25.2 Å². The Labute approximate surface area is 123 Å². The molecule has 0 fully saturated rings. The van der Waals surface area contributed by atoms with Crippen LogP contribution in [0.2, 0.25) is 0 Å². The van der Waals surface area contributed by atoms with Gasteiger partial charge in [-0.3, -0.25) is 0 Å². The molecule has 3 atom stereocenters. The number of para-hydroxylation sites is 1. The van der Waals surface area contributed by atoms with Crippen LogP contribution >= 0.6 is 0 Å². The number of fused-ring (bicyclic) bond motifs is 7. The predicted octanol–water partition coefficient (Wildman–Crippen LogP) is 5.06. The minimum absolute atomic E-state index is 0.509. The number of hydrogen-bond donors (Lipinski definition) is 1. The summed E-state index contributed by atoms with van der Waals surface area (Å²) in [6, 6.07) is 13.2. The lowest BCUT2D eigenvalue weighted by molar-refractivity contribution is 0.512. The zero-order valence-electron chi connectivity index (χ0n) is 12.0. The maximum Gasteiger partial charge on any atom is 0.137 e. The molecule has 21 heavy (non-hydrogen) atoms. The van der Waals surface area contributed by atoms with Crippen LogP contribution in [0.15, 0.2) is 53.0 Å². The van der Waals surface area contributed by atoms with E-state index in [9.17, 15) is 0 Å². The number of rotatable bonds is 0. The fourth-order valence-corrected chi connectivity index (χ4v) is 3.99. The van der Waals surface area contributed by atoms with Gasteiger partial charge in [0.25, 0.3) is 0 Å². The highest BCUT2D eigenvalue weighted by Crippen LogP contribution is 2.47. The molecule has 3 aromatic rings. The van der Waals surface area contributed by atoms with Gasteiger partial charge in [-0.15, -0.1) is 0 Å². The number of allylic oxidation sites excluding steroid dienone is 1. The number of anilines is 1. The quantitative estimate of drug-likeness (QED) is 0.580. The summed E-state index contributed by atoms with van der Waals surface area (Å²) in [5, 5.41) is 6.24. The Kier molecular flexibility index (Phi) is 2.13. The van der Waals surface area contributed by atoms with Gasteiger partial charge in [-0.2, -0.15) is 0 Å². The normalized spacial score (nSPS) is 26.8. The first-order valence-corrected chi connectivity index (χ1v) is 7.70. The summed E-state index contributed by atoms with van der Waals surface area (Å²) in [7, 11) is 0. The average molecular weight is 275 g/mol. The molecule has 2 aromatic carbocycles. The van der Waals surface area contributed by atoms with Crippen molar-refractivity contribution in [1.82, 2.24) is 0 Å². The molecule has 2 aliphatic rings. The van der Waals surface area contributed by atoms with Crippen LogP contribution in [0.4, 0.5) is 5.69 Å². The lowest BCUT2D eigenvalue weighted by atomic mass is 9.83. The number of hydrogen-bond acceptors (Lipinski definition) is 2. The monoisotopic (exact) mass is 275 g/mol. The Balaban J connectivity index is 1.81. The third kappa shape index (κ3) is 1.48. The highest BCUT2D eigenvalue weighted by Gasteiger charge is 2.35. The van der Waals surface area contributed by atoms with Crippen LogP contribution in [-0.4, -0.2) is 6.04 Å². The molecule has 0 amide bonds. The highest BCUT2D eigenvalue weighted by atomic mass is 16.3. The van der Waals surface area contributed by atoms with Crippen molar-refractivity contribution in [3.8, 4) is 0 Å². The van der Waals surface area contributed by atoms with Crippen molar-refractivity contribution in [2.24, 2.45) is 5.92 Å². The highest BCUT2D eigenvalue weighted by molar-refractivity contribution is 6.12. The molecular weight excluding hydrogens is 258 g/mol. The molecule has 3 unspecified atom stereocenters. The first-order valence-electron chi connectivity index (χ1n) is 7.70. The van der Waals surface area contributed by atoms with Crippen LogP contribution in [-0.2, 0) is 0 Å². The van der Waals surface area contributed by atoms with Gasteiger partial charge in [0.1, 0.15) is 11.2 Å². The smallest absolute Gasteiger partial charge is 0.137 e. The Bertz CT molecular complexity index is 889. The van der Waals surface area contributed by atoms with E-state index in [2.05, 4.69) is 48.7 Å². The Hall–Kier alpha value is -2.22. The van der Waals surface area contributed by atoms with E-state index in [1.165, 1.54) is 28.4 Å². The standard InChI is InChI=1S/C19H17NO/c1-11-6-7-12-13-8-9-17-18(19(13)20-15(12)10-11)14-4-2-3-5-16(14)21-17/h2-9,11-12,15,20H,10H2,1H3. The SMILES string of the molecule is CC1C=CC2c3ccc4oc5ccccc5c4c3NC2C1.